The molecule has 0 N–H and O–H groups in total. The molecule has 0 aromatic carbocycles. The zero-order chi connectivity index (χ0) is 15.0. The molecule has 0 aromatic rings. The van der Waals surface area contributed by atoms with Gasteiger partial charge < -0.3 is 9.47 Å². The second-order valence-corrected chi connectivity index (χ2v) is 7.46. The van der Waals surface area contributed by atoms with Gasteiger partial charge in [0.25, 0.3) is 0 Å². The van der Waals surface area contributed by atoms with Crippen LogP contribution in [-0.4, -0.2) is 29.2 Å². The minimum Gasteiger partial charge on any atom is -0.459 e. The monoisotopic (exact) mass is 396 g/mol. The number of carbonyl (C=O) groups is 1. The van der Waals surface area contributed by atoms with Gasteiger partial charge in [0, 0.05) is 17.6 Å². The summed E-state index contributed by atoms with van der Waals surface area (Å²) >= 11 is 2.37. The summed E-state index contributed by atoms with van der Waals surface area (Å²) in [6.07, 6.45) is 6.18. The third-order valence-corrected chi connectivity index (χ3v) is 4.88. The van der Waals surface area contributed by atoms with E-state index in [4.69, 9.17) is 9.47 Å². The van der Waals surface area contributed by atoms with Gasteiger partial charge in [0.05, 0.1) is 5.92 Å². The molecule has 0 aromatic heterocycles. The van der Waals surface area contributed by atoms with Crippen molar-refractivity contribution in [1.29, 1.82) is 0 Å². The molecule has 3 nitrogen and oxygen atoms in total. The maximum Gasteiger partial charge on any atom is 0.309 e. The van der Waals surface area contributed by atoms with Crippen LogP contribution in [0.5, 0.6) is 0 Å². The molecule has 1 saturated carbocycles. The van der Waals surface area contributed by atoms with Gasteiger partial charge >= 0.3 is 5.97 Å². The molecule has 0 bridgehead atoms. The summed E-state index contributed by atoms with van der Waals surface area (Å²) in [5.41, 5.74) is -0.333. The second-order valence-electron chi connectivity index (χ2n) is 6.38. The van der Waals surface area contributed by atoms with E-state index in [-0.39, 0.29) is 17.5 Å². The van der Waals surface area contributed by atoms with E-state index >= 15 is 0 Å². The molecule has 118 valence electrons. The van der Waals surface area contributed by atoms with Crippen LogP contribution in [0.3, 0.4) is 0 Å². The number of alkyl halides is 1. The predicted octanol–water partition coefficient (Wildman–Crippen LogP) is 4.37. The van der Waals surface area contributed by atoms with Gasteiger partial charge in [-0.25, -0.2) is 0 Å². The van der Waals surface area contributed by atoms with Gasteiger partial charge in [0.1, 0.15) is 5.60 Å². The van der Waals surface area contributed by atoms with E-state index in [9.17, 15) is 4.79 Å². The lowest BCUT2D eigenvalue weighted by Crippen LogP contribution is -2.33. The Hall–Kier alpha value is 0.160. The summed E-state index contributed by atoms with van der Waals surface area (Å²) in [5, 5.41) is 0. The quantitative estimate of drug-likeness (QED) is 0.265. The number of rotatable bonds is 8. The molecule has 1 aliphatic carbocycles. The highest BCUT2D eigenvalue weighted by Gasteiger charge is 2.31. The van der Waals surface area contributed by atoms with Gasteiger partial charge in [0.15, 0.2) is 0 Å². The van der Waals surface area contributed by atoms with Crippen molar-refractivity contribution in [2.75, 3.05) is 17.6 Å². The minimum atomic E-state index is -0.333. The molecule has 0 heterocycles. The Kier molecular flexibility index (Phi) is 8.41. The van der Waals surface area contributed by atoms with E-state index in [0.29, 0.717) is 5.92 Å². The van der Waals surface area contributed by atoms with Crippen molar-refractivity contribution in [3.05, 3.63) is 0 Å². The predicted molar refractivity (Wildman–Crippen MR) is 90.2 cm³/mol. The van der Waals surface area contributed by atoms with Crippen molar-refractivity contribution in [2.24, 2.45) is 11.8 Å². The Balaban J connectivity index is 2.34. The first-order valence-electron chi connectivity index (χ1n) is 7.85. The van der Waals surface area contributed by atoms with Crippen LogP contribution in [0.2, 0.25) is 0 Å². The van der Waals surface area contributed by atoms with E-state index in [1.807, 2.05) is 13.8 Å². The van der Waals surface area contributed by atoms with Gasteiger partial charge in [-0.2, -0.15) is 0 Å². The Bertz CT molecular complexity index is 291. The fourth-order valence-corrected chi connectivity index (χ4v) is 2.80. The van der Waals surface area contributed by atoms with Crippen LogP contribution in [0.25, 0.3) is 0 Å². The van der Waals surface area contributed by atoms with Crippen LogP contribution in [0.4, 0.5) is 0 Å². The minimum absolute atomic E-state index is 0.00573. The fraction of sp³-hybridized carbons (Fsp3) is 0.938. The largest absolute Gasteiger partial charge is 0.459 e. The van der Waals surface area contributed by atoms with Gasteiger partial charge in [-0.3, -0.25) is 4.79 Å². The first-order valence-corrected chi connectivity index (χ1v) is 9.37. The lowest BCUT2D eigenvalue weighted by molar-refractivity contribution is -0.163. The van der Waals surface area contributed by atoms with E-state index in [1.54, 1.807) is 0 Å². The molecule has 4 heteroatoms. The standard InChI is InChI=1S/C16H29IO3/c1-4-16(2,3)20-15(18)14-8-5-7-13(11-14)12-19-10-6-9-17/h13-14H,4-12H2,1-3H3. The molecule has 1 aliphatic rings. The summed E-state index contributed by atoms with van der Waals surface area (Å²) < 4.78 is 12.5. The molecule has 0 saturated heterocycles. The maximum atomic E-state index is 12.2. The molecule has 2 unspecified atom stereocenters. The average Bonchev–Trinajstić information content (AvgIpc) is 2.43. The summed E-state index contributed by atoms with van der Waals surface area (Å²) in [6, 6.07) is 0. The number of ether oxygens (including phenoxy) is 2. The highest BCUT2D eigenvalue weighted by molar-refractivity contribution is 14.1. The van der Waals surface area contributed by atoms with Crippen LogP contribution >= 0.6 is 22.6 Å². The lowest BCUT2D eigenvalue weighted by atomic mass is 9.81. The van der Waals surface area contributed by atoms with Crippen molar-refractivity contribution in [3.8, 4) is 0 Å². The van der Waals surface area contributed by atoms with Crippen molar-refractivity contribution in [3.63, 3.8) is 0 Å². The van der Waals surface area contributed by atoms with Crippen LogP contribution in [0, 0.1) is 11.8 Å². The van der Waals surface area contributed by atoms with Crippen molar-refractivity contribution in [2.45, 2.75) is 64.9 Å². The summed E-state index contributed by atoms with van der Waals surface area (Å²) in [4.78, 5) is 12.2. The molecular formula is C16H29IO3. The number of hydrogen-bond donors (Lipinski definition) is 0. The van der Waals surface area contributed by atoms with Gasteiger partial charge in [-0.05, 0) is 51.9 Å². The van der Waals surface area contributed by atoms with E-state index in [2.05, 4.69) is 29.5 Å². The zero-order valence-electron chi connectivity index (χ0n) is 13.1. The number of carbonyl (C=O) groups excluding carboxylic acids is 1. The second kappa shape index (κ2) is 9.23. The summed E-state index contributed by atoms with van der Waals surface area (Å²) in [6.45, 7) is 7.67. The molecule has 1 rings (SSSR count). The summed E-state index contributed by atoms with van der Waals surface area (Å²) in [7, 11) is 0. The van der Waals surface area contributed by atoms with Crippen LogP contribution in [0.1, 0.15) is 59.3 Å². The first-order chi connectivity index (χ1) is 9.48. The topological polar surface area (TPSA) is 35.5 Å². The molecule has 2 atom stereocenters. The van der Waals surface area contributed by atoms with E-state index in [0.717, 1.165) is 49.7 Å². The highest BCUT2D eigenvalue weighted by Crippen LogP contribution is 2.31. The maximum absolute atomic E-state index is 12.2. The first kappa shape index (κ1) is 18.2. The molecule has 0 aliphatic heterocycles. The summed E-state index contributed by atoms with van der Waals surface area (Å²) in [5.74, 6) is 0.599. The number of halogens is 1. The normalized spacial score (nSPS) is 23.6. The Morgan fingerprint density at radius 2 is 2.10 bits per heavy atom. The fourth-order valence-electron chi connectivity index (χ4n) is 2.49. The average molecular weight is 396 g/mol. The van der Waals surface area contributed by atoms with E-state index < -0.39 is 0 Å². The molecule has 0 spiro atoms. The van der Waals surface area contributed by atoms with Crippen LogP contribution in [0.15, 0.2) is 0 Å². The zero-order valence-corrected chi connectivity index (χ0v) is 15.3. The Morgan fingerprint density at radius 3 is 2.75 bits per heavy atom. The molecule has 0 radical (unpaired) electrons. The molecular weight excluding hydrogens is 367 g/mol. The van der Waals surface area contributed by atoms with Gasteiger partial charge in [0.2, 0.25) is 0 Å². The SMILES string of the molecule is CCC(C)(C)OC(=O)C1CCCC(COCCCI)C1. The number of hydrogen-bond acceptors (Lipinski definition) is 3. The van der Waals surface area contributed by atoms with Crippen molar-refractivity contribution in [1.82, 2.24) is 0 Å². The van der Waals surface area contributed by atoms with E-state index in [1.165, 1.54) is 6.42 Å². The molecule has 20 heavy (non-hydrogen) atoms. The van der Waals surface area contributed by atoms with Crippen molar-refractivity contribution < 1.29 is 14.3 Å². The third-order valence-electron chi connectivity index (χ3n) is 4.12. The van der Waals surface area contributed by atoms with Gasteiger partial charge in [-0.15, -0.1) is 0 Å². The van der Waals surface area contributed by atoms with Crippen molar-refractivity contribution >= 4 is 28.6 Å². The van der Waals surface area contributed by atoms with Crippen LogP contribution in [-0.2, 0) is 14.3 Å². The smallest absolute Gasteiger partial charge is 0.309 e. The number of esters is 1. The lowest BCUT2D eigenvalue weighted by Gasteiger charge is -2.31. The third kappa shape index (κ3) is 6.74. The van der Waals surface area contributed by atoms with Crippen LogP contribution < -0.4 is 0 Å². The highest BCUT2D eigenvalue weighted by atomic mass is 127. The Labute approximate surface area is 137 Å². The molecule has 0 amide bonds. The Morgan fingerprint density at radius 1 is 1.35 bits per heavy atom. The van der Waals surface area contributed by atoms with Gasteiger partial charge in [-0.1, -0.05) is 35.9 Å². The molecule has 1 fully saturated rings.